The van der Waals surface area contributed by atoms with Crippen LogP contribution in [0.15, 0.2) is 5.38 Å². The fraction of sp³-hybridized carbons (Fsp3) is 0.833. The lowest BCUT2D eigenvalue weighted by molar-refractivity contribution is 0.169. The zero-order chi connectivity index (χ0) is 15.5. The molecule has 1 unspecified atom stereocenters. The van der Waals surface area contributed by atoms with E-state index in [1.165, 1.54) is 42.8 Å². The third kappa shape index (κ3) is 4.53. The van der Waals surface area contributed by atoms with Gasteiger partial charge >= 0.3 is 0 Å². The van der Waals surface area contributed by atoms with Gasteiger partial charge in [0.2, 0.25) is 0 Å². The Balaban J connectivity index is 1.91. The van der Waals surface area contributed by atoms with E-state index in [0.29, 0.717) is 17.4 Å². The number of hydrogen-bond donors (Lipinski definition) is 1. The first-order chi connectivity index (χ1) is 9.91. The van der Waals surface area contributed by atoms with Crippen molar-refractivity contribution in [3.05, 3.63) is 16.1 Å². The number of rotatable bonds is 5. The van der Waals surface area contributed by atoms with Crippen molar-refractivity contribution in [1.82, 2.24) is 10.3 Å². The van der Waals surface area contributed by atoms with Crippen LogP contribution in [0.1, 0.15) is 89.4 Å². The molecule has 2 nitrogen and oxygen atoms in total. The molecular formula is C18H32N2S. The third-order valence-corrected chi connectivity index (χ3v) is 6.01. The second-order valence-corrected chi connectivity index (χ2v) is 8.59. The van der Waals surface area contributed by atoms with Gasteiger partial charge in [-0.25, -0.2) is 4.98 Å². The highest BCUT2D eigenvalue weighted by Crippen LogP contribution is 2.43. The van der Waals surface area contributed by atoms with Crippen LogP contribution in [0.3, 0.4) is 0 Å². The summed E-state index contributed by atoms with van der Waals surface area (Å²) < 4.78 is 0. The molecule has 0 saturated heterocycles. The van der Waals surface area contributed by atoms with Crippen LogP contribution in [-0.4, -0.2) is 11.5 Å². The highest BCUT2D eigenvalue weighted by molar-refractivity contribution is 7.09. The second kappa shape index (κ2) is 7.23. The van der Waals surface area contributed by atoms with Gasteiger partial charge in [0, 0.05) is 17.3 Å². The number of nitrogens with zero attached hydrogens (tertiary/aromatic N) is 1. The summed E-state index contributed by atoms with van der Waals surface area (Å²) in [7, 11) is 0. The lowest BCUT2D eigenvalue weighted by Crippen LogP contribution is -2.25. The highest BCUT2D eigenvalue weighted by atomic mass is 32.1. The molecule has 0 radical (unpaired) electrons. The van der Waals surface area contributed by atoms with E-state index in [1.807, 2.05) is 11.3 Å². The first kappa shape index (κ1) is 17.0. The molecule has 0 aromatic carbocycles. The van der Waals surface area contributed by atoms with Gasteiger partial charge in [0.1, 0.15) is 0 Å². The van der Waals surface area contributed by atoms with Crippen LogP contribution in [0.2, 0.25) is 0 Å². The lowest BCUT2D eigenvalue weighted by atomic mass is 9.70. The fourth-order valence-corrected chi connectivity index (χ4v) is 4.44. The smallest absolute Gasteiger partial charge is 0.0959 e. The summed E-state index contributed by atoms with van der Waals surface area (Å²) in [5, 5.41) is 7.18. The zero-order valence-corrected chi connectivity index (χ0v) is 15.2. The van der Waals surface area contributed by atoms with E-state index in [0.717, 1.165) is 12.5 Å². The number of aromatic nitrogens is 1. The first-order valence-electron chi connectivity index (χ1n) is 8.60. The topological polar surface area (TPSA) is 24.9 Å². The zero-order valence-electron chi connectivity index (χ0n) is 14.4. The molecule has 0 aliphatic heterocycles. The van der Waals surface area contributed by atoms with Crippen LogP contribution in [0.5, 0.6) is 0 Å². The second-order valence-electron chi connectivity index (χ2n) is 7.70. The minimum Gasteiger partial charge on any atom is -0.309 e. The Hall–Kier alpha value is -0.410. The van der Waals surface area contributed by atoms with E-state index in [1.54, 1.807) is 0 Å². The summed E-state index contributed by atoms with van der Waals surface area (Å²) >= 11 is 1.88. The minimum atomic E-state index is 0.390. The maximum absolute atomic E-state index is 4.93. The summed E-state index contributed by atoms with van der Waals surface area (Å²) in [4.78, 5) is 4.93. The quantitative estimate of drug-likeness (QED) is 0.774. The van der Waals surface area contributed by atoms with E-state index in [2.05, 4.69) is 45.3 Å². The van der Waals surface area contributed by atoms with E-state index in [4.69, 9.17) is 4.98 Å². The summed E-state index contributed by atoms with van der Waals surface area (Å²) in [6.07, 6.45) is 6.56. The molecule has 1 aromatic rings. The van der Waals surface area contributed by atoms with Gasteiger partial charge in [-0.15, -0.1) is 11.3 Å². The molecule has 1 fully saturated rings. The Morgan fingerprint density at radius 3 is 2.52 bits per heavy atom. The molecule has 21 heavy (non-hydrogen) atoms. The molecule has 1 saturated carbocycles. The third-order valence-electron chi connectivity index (χ3n) is 4.99. The average Bonchev–Trinajstić information content (AvgIpc) is 2.94. The van der Waals surface area contributed by atoms with E-state index >= 15 is 0 Å². The molecule has 2 rings (SSSR count). The standard InChI is InChI=1S/C18H32N2S/c1-6-11-19-13(2)16-12-21-17(20-16)14-7-9-15(10-8-14)18(3,4)5/h12-15,19H,6-11H2,1-5H3. The summed E-state index contributed by atoms with van der Waals surface area (Å²) in [5.41, 5.74) is 1.71. The lowest BCUT2D eigenvalue weighted by Gasteiger charge is -2.36. The van der Waals surface area contributed by atoms with Crippen LogP contribution in [0.25, 0.3) is 0 Å². The molecule has 1 aliphatic rings. The predicted molar refractivity (Wildman–Crippen MR) is 93.0 cm³/mol. The molecule has 0 spiro atoms. The van der Waals surface area contributed by atoms with Gasteiger partial charge in [0.15, 0.2) is 0 Å². The van der Waals surface area contributed by atoms with Crippen molar-refractivity contribution in [2.75, 3.05) is 6.54 Å². The molecule has 120 valence electrons. The number of thiazole rings is 1. The highest BCUT2D eigenvalue weighted by Gasteiger charge is 2.31. The number of hydrogen-bond acceptors (Lipinski definition) is 3. The minimum absolute atomic E-state index is 0.390. The van der Waals surface area contributed by atoms with Gasteiger partial charge in [0.05, 0.1) is 10.7 Å². The Labute approximate surface area is 134 Å². The molecule has 0 amide bonds. The molecule has 1 aromatic heterocycles. The van der Waals surface area contributed by atoms with E-state index in [9.17, 15) is 0 Å². The first-order valence-corrected chi connectivity index (χ1v) is 9.48. The molecule has 1 heterocycles. The SMILES string of the molecule is CCCNC(C)c1csc(C2CCC(C(C)(C)C)CC2)n1. The van der Waals surface area contributed by atoms with Gasteiger partial charge in [-0.05, 0) is 56.9 Å². The average molecular weight is 309 g/mol. The van der Waals surface area contributed by atoms with Gasteiger partial charge in [-0.3, -0.25) is 0 Å². The van der Waals surface area contributed by atoms with E-state index < -0.39 is 0 Å². The van der Waals surface area contributed by atoms with Gasteiger partial charge in [0.25, 0.3) is 0 Å². The Morgan fingerprint density at radius 2 is 1.95 bits per heavy atom. The van der Waals surface area contributed by atoms with Gasteiger partial charge in [-0.1, -0.05) is 27.7 Å². The maximum atomic E-state index is 4.93. The van der Waals surface area contributed by atoms with Crippen LogP contribution >= 0.6 is 11.3 Å². The Bertz CT molecular complexity index is 425. The van der Waals surface area contributed by atoms with Crippen LogP contribution in [-0.2, 0) is 0 Å². The monoisotopic (exact) mass is 308 g/mol. The maximum Gasteiger partial charge on any atom is 0.0959 e. The number of nitrogens with one attached hydrogen (secondary N) is 1. The van der Waals surface area contributed by atoms with Crippen LogP contribution in [0.4, 0.5) is 0 Å². The predicted octanol–water partition coefficient (Wildman–Crippen LogP) is 5.52. The summed E-state index contributed by atoms with van der Waals surface area (Å²) in [6.45, 7) is 12.7. The normalized spacial score (nSPS) is 25.0. The van der Waals surface area contributed by atoms with Crippen molar-refractivity contribution in [3.63, 3.8) is 0 Å². The van der Waals surface area contributed by atoms with Crippen molar-refractivity contribution in [2.24, 2.45) is 11.3 Å². The fourth-order valence-electron chi connectivity index (χ4n) is 3.36. The summed E-state index contributed by atoms with van der Waals surface area (Å²) in [5.74, 6) is 1.60. The Kier molecular flexibility index (Phi) is 5.84. The van der Waals surface area contributed by atoms with Gasteiger partial charge in [-0.2, -0.15) is 0 Å². The van der Waals surface area contributed by atoms with E-state index in [-0.39, 0.29) is 0 Å². The molecular weight excluding hydrogens is 276 g/mol. The van der Waals surface area contributed by atoms with Crippen molar-refractivity contribution in [1.29, 1.82) is 0 Å². The van der Waals surface area contributed by atoms with Crippen LogP contribution in [0, 0.1) is 11.3 Å². The molecule has 1 N–H and O–H groups in total. The van der Waals surface area contributed by atoms with Crippen molar-refractivity contribution in [3.8, 4) is 0 Å². The molecule has 1 aliphatic carbocycles. The van der Waals surface area contributed by atoms with Crippen molar-refractivity contribution in [2.45, 2.75) is 78.7 Å². The molecule has 0 bridgehead atoms. The molecule has 3 heteroatoms. The Morgan fingerprint density at radius 1 is 1.29 bits per heavy atom. The summed E-state index contributed by atoms with van der Waals surface area (Å²) in [6, 6.07) is 0.390. The van der Waals surface area contributed by atoms with Crippen molar-refractivity contribution < 1.29 is 0 Å². The van der Waals surface area contributed by atoms with Crippen LogP contribution < -0.4 is 5.32 Å². The molecule has 1 atom stereocenters. The van der Waals surface area contributed by atoms with Gasteiger partial charge < -0.3 is 5.32 Å². The largest absolute Gasteiger partial charge is 0.309 e. The van der Waals surface area contributed by atoms with Crippen molar-refractivity contribution >= 4 is 11.3 Å².